The minimum atomic E-state index is -0.886. The molecule has 5 heteroatoms. The molecule has 0 spiro atoms. The number of aliphatic carboxylic acids is 1. The van der Waals surface area contributed by atoms with E-state index in [1.165, 1.54) is 0 Å². The third-order valence-corrected chi connectivity index (χ3v) is 5.01. The van der Waals surface area contributed by atoms with Gasteiger partial charge >= 0.3 is 11.9 Å². The van der Waals surface area contributed by atoms with Gasteiger partial charge in [0.05, 0.1) is 12.0 Å². The van der Waals surface area contributed by atoms with Crippen LogP contribution in [0.3, 0.4) is 0 Å². The number of nitrogens with zero attached hydrogens (tertiary/aromatic N) is 1. The fourth-order valence-corrected chi connectivity index (χ4v) is 2.49. The zero-order valence-electron chi connectivity index (χ0n) is 16.2. The highest BCUT2D eigenvalue weighted by Gasteiger charge is 2.48. The smallest absolute Gasteiger partial charge is 0.317 e. The number of esters is 1. The summed E-state index contributed by atoms with van der Waals surface area (Å²) in [5.41, 5.74) is -0.748. The Morgan fingerprint density at radius 2 is 1.61 bits per heavy atom. The Bertz CT molecular complexity index is 412. The molecule has 0 aliphatic carbocycles. The van der Waals surface area contributed by atoms with Crippen LogP contribution in [0.1, 0.15) is 61.3 Å². The highest BCUT2D eigenvalue weighted by atomic mass is 16.5. The summed E-state index contributed by atoms with van der Waals surface area (Å²) >= 11 is 0. The third-order valence-electron chi connectivity index (χ3n) is 5.01. The summed E-state index contributed by atoms with van der Waals surface area (Å²) in [5, 5.41) is 8.73. The summed E-state index contributed by atoms with van der Waals surface area (Å²) in [6, 6.07) is 0. The Morgan fingerprint density at radius 1 is 1.09 bits per heavy atom. The Balaban J connectivity index is 4.88. The van der Waals surface area contributed by atoms with Gasteiger partial charge in [0.25, 0.3) is 0 Å². The highest BCUT2D eigenvalue weighted by molar-refractivity contribution is 5.77. The van der Waals surface area contributed by atoms with Crippen LogP contribution in [0.25, 0.3) is 0 Å². The average Bonchev–Trinajstić information content (AvgIpc) is 2.35. The highest BCUT2D eigenvalue weighted by Crippen LogP contribution is 2.48. The van der Waals surface area contributed by atoms with Gasteiger partial charge in [-0.05, 0) is 31.2 Å². The van der Waals surface area contributed by atoms with E-state index >= 15 is 0 Å². The number of carboxylic acids is 1. The Kier molecular flexibility index (Phi) is 7.74. The Labute approximate surface area is 141 Å². The van der Waals surface area contributed by atoms with Crippen LogP contribution in [0.2, 0.25) is 0 Å². The summed E-state index contributed by atoms with van der Waals surface area (Å²) < 4.78 is 5.50. The lowest BCUT2D eigenvalue weighted by Gasteiger charge is -2.44. The fraction of sp³-hybridized carbons (Fsp3) is 0.889. The van der Waals surface area contributed by atoms with Crippen LogP contribution in [0.15, 0.2) is 0 Å². The molecule has 0 aromatic carbocycles. The standard InChI is InChI=1S/C18H35NO4/c1-9-17(5,6)13-18(7,16(2,3)4)15(22)23-11-10-19(8)12-14(20)21/h9-13H2,1-8H3,(H,20,21). The molecule has 0 rings (SSSR count). The van der Waals surface area contributed by atoms with Crippen molar-refractivity contribution in [3.05, 3.63) is 0 Å². The van der Waals surface area contributed by atoms with Gasteiger partial charge in [-0.1, -0.05) is 48.0 Å². The molecule has 0 radical (unpaired) electrons. The number of ether oxygens (including phenoxy) is 1. The first-order valence-corrected chi connectivity index (χ1v) is 8.33. The predicted octanol–water partition coefficient (Wildman–Crippen LogP) is 3.42. The van der Waals surface area contributed by atoms with E-state index in [0.717, 1.165) is 12.8 Å². The van der Waals surface area contributed by atoms with Crippen molar-refractivity contribution in [3.63, 3.8) is 0 Å². The first-order chi connectivity index (χ1) is 10.2. The van der Waals surface area contributed by atoms with Crippen LogP contribution >= 0.6 is 0 Å². The number of hydrogen-bond acceptors (Lipinski definition) is 4. The van der Waals surface area contributed by atoms with Crippen molar-refractivity contribution in [2.24, 2.45) is 16.2 Å². The third kappa shape index (κ3) is 6.90. The van der Waals surface area contributed by atoms with Crippen molar-refractivity contribution in [3.8, 4) is 0 Å². The first-order valence-electron chi connectivity index (χ1n) is 8.33. The molecule has 1 unspecified atom stereocenters. The maximum atomic E-state index is 12.8. The molecule has 1 atom stereocenters. The summed E-state index contributed by atoms with van der Waals surface area (Å²) in [4.78, 5) is 25.0. The molecule has 0 heterocycles. The van der Waals surface area contributed by atoms with Gasteiger partial charge in [-0.2, -0.15) is 0 Å². The van der Waals surface area contributed by atoms with Gasteiger partial charge in [0.15, 0.2) is 0 Å². The molecule has 0 bridgehead atoms. The van der Waals surface area contributed by atoms with Crippen LogP contribution in [-0.2, 0) is 14.3 Å². The molecule has 5 nitrogen and oxygen atoms in total. The van der Waals surface area contributed by atoms with Gasteiger partial charge in [0, 0.05) is 6.54 Å². The minimum Gasteiger partial charge on any atom is -0.480 e. The number of carbonyl (C=O) groups excluding carboxylic acids is 1. The van der Waals surface area contributed by atoms with Crippen LogP contribution in [0.4, 0.5) is 0 Å². The fourth-order valence-electron chi connectivity index (χ4n) is 2.49. The summed E-state index contributed by atoms with van der Waals surface area (Å²) in [5.74, 6) is -1.08. The number of carboxylic acid groups (broad SMARTS) is 1. The molecule has 0 aliphatic heterocycles. The molecule has 0 amide bonds. The minimum absolute atomic E-state index is 0.0567. The molecule has 0 fully saturated rings. The van der Waals surface area contributed by atoms with Crippen LogP contribution in [-0.4, -0.2) is 48.7 Å². The van der Waals surface area contributed by atoms with Crippen LogP contribution in [0, 0.1) is 16.2 Å². The second-order valence-electron chi connectivity index (χ2n) is 8.54. The quantitative estimate of drug-likeness (QED) is 0.657. The zero-order valence-corrected chi connectivity index (χ0v) is 16.2. The Morgan fingerprint density at radius 3 is 2.00 bits per heavy atom. The van der Waals surface area contributed by atoms with Crippen molar-refractivity contribution in [1.82, 2.24) is 4.90 Å². The Hall–Kier alpha value is -1.10. The van der Waals surface area contributed by atoms with E-state index in [9.17, 15) is 9.59 Å². The first kappa shape index (κ1) is 21.9. The van der Waals surface area contributed by atoms with Crippen LogP contribution in [0.5, 0.6) is 0 Å². The van der Waals surface area contributed by atoms with E-state index in [1.54, 1.807) is 11.9 Å². The zero-order chi connectivity index (χ0) is 18.5. The molecule has 0 saturated heterocycles. The van der Waals surface area contributed by atoms with E-state index in [2.05, 4.69) is 41.5 Å². The molecule has 0 saturated carbocycles. The van der Waals surface area contributed by atoms with Crippen molar-refractivity contribution in [1.29, 1.82) is 0 Å². The van der Waals surface area contributed by atoms with Crippen molar-refractivity contribution in [2.45, 2.75) is 61.3 Å². The van der Waals surface area contributed by atoms with Crippen molar-refractivity contribution in [2.75, 3.05) is 26.7 Å². The number of likely N-dealkylation sites (N-methyl/N-ethyl adjacent to an activating group) is 1. The number of hydrogen-bond donors (Lipinski definition) is 1. The van der Waals surface area contributed by atoms with Gasteiger partial charge in [-0.25, -0.2) is 0 Å². The summed E-state index contributed by atoms with van der Waals surface area (Å²) in [6.45, 7) is 15.2. The van der Waals surface area contributed by atoms with E-state index in [0.29, 0.717) is 6.54 Å². The largest absolute Gasteiger partial charge is 0.480 e. The number of rotatable bonds is 9. The maximum Gasteiger partial charge on any atom is 0.317 e. The lowest BCUT2D eigenvalue weighted by molar-refractivity contribution is -0.165. The van der Waals surface area contributed by atoms with Gasteiger partial charge in [0.1, 0.15) is 6.61 Å². The van der Waals surface area contributed by atoms with Crippen molar-refractivity contribution >= 4 is 11.9 Å². The molecule has 136 valence electrons. The van der Waals surface area contributed by atoms with Gasteiger partial charge < -0.3 is 9.84 Å². The van der Waals surface area contributed by atoms with Crippen LogP contribution < -0.4 is 0 Å². The van der Waals surface area contributed by atoms with Gasteiger partial charge in [-0.15, -0.1) is 0 Å². The van der Waals surface area contributed by atoms with Gasteiger partial charge in [-0.3, -0.25) is 14.5 Å². The van der Waals surface area contributed by atoms with E-state index in [4.69, 9.17) is 9.84 Å². The normalized spacial score (nSPS) is 15.3. The monoisotopic (exact) mass is 329 g/mol. The summed E-state index contributed by atoms with van der Waals surface area (Å²) in [7, 11) is 1.70. The second kappa shape index (κ2) is 8.13. The molecule has 23 heavy (non-hydrogen) atoms. The molecule has 1 N–H and O–H groups in total. The molecular weight excluding hydrogens is 294 g/mol. The maximum absolute atomic E-state index is 12.8. The van der Waals surface area contributed by atoms with Crippen molar-refractivity contribution < 1.29 is 19.4 Å². The molecule has 0 aliphatic rings. The second-order valence-corrected chi connectivity index (χ2v) is 8.54. The average molecular weight is 329 g/mol. The summed E-state index contributed by atoms with van der Waals surface area (Å²) in [6.07, 6.45) is 1.75. The lowest BCUT2D eigenvalue weighted by Crippen LogP contribution is -2.45. The SMILES string of the molecule is CCC(C)(C)CC(C)(C(=O)OCCN(C)CC(=O)O)C(C)(C)C. The molecule has 0 aromatic heterocycles. The molecule has 0 aromatic rings. The topological polar surface area (TPSA) is 66.8 Å². The van der Waals surface area contributed by atoms with E-state index < -0.39 is 11.4 Å². The predicted molar refractivity (Wildman–Crippen MR) is 92.3 cm³/mol. The molecular formula is C18H35NO4. The number of carbonyl (C=O) groups is 2. The van der Waals surface area contributed by atoms with E-state index in [-0.39, 0.29) is 30.0 Å². The van der Waals surface area contributed by atoms with Gasteiger partial charge in [0.2, 0.25) is 0 Å². The van der Waals surface area contributed by atoms with E-state index in [1.807, 2.05) is 6.92 Å². The lowest BCUT2D eigenvalue weighted by atomic mass is 9.60.